The maximum atomic E-state index is 14.6. The predicted molar refractivity (Wildman–Crippen MR) is 113 cm³/mol. The number of rotatable bonds is 5. The number of hydrogen-bond acceptors (Lipinski definition) is 4. The van der Waals surface area contributed by atoms with Crippen LogP contribution in [0.1, 0.15) is 60.3 Å². The number of carbonyl (C=O) groups is 1. The lowest BCUT2D eigenvalue weighted by molar-refractivity contribution is 0.0994. The highest BCUT2D eigenvalue weighted by Gasteiger charge is 2.30. The number of hydrogen-bond donors (Lipinski definition) is 1. The molecule has 1 aliphatic heterocycles. The van der Waals surface area contributed by atoms with Crippen molar-refractivity contribution in [1.29, 1.82) is 0 Å². The van der Waals surface area contributed by atoms with Crippen LogP contribution in [0.3, 0.4) is 0 Å². The first-order valence-electron chi connectivity index (χ1n) is 10.3. The Kier molecular flexibility index (Phi) is 5.58. The highest BCUT2D eigenvalue weighted by Crippen LogP contribution is 2.37. The summed E-state index contributed by atoms with van der Waals surface area (Å²) in [6.07, 6.45) is 2.41. The molecule has 0 radical (unpaired) electrons. The molecule has 0 saturated heterocycles. The van der Waals surface area contributed by atoms with Crippen molar-refractivity contribution in [2.45, 2.75) is 45.8 Å². The Hall–Kier alpha value is -3.13. The van der Waals surface area contributed by atoms with E-state index in [2.05, 4.69) is 28.8 Å². The number of benzene rings is 1. The fraction of sp³-hybridized carbons (Fsp3) is 0.348. The molecule has 8 heteroatoms. The SMILES string of the molecule is CC(C)n1nccc1CN1CCc2c(-c3ccc(F)cc3F)cc(C(N)=O)nc2[C@@H]1C. The summed E-state index contributed by atoms with van der Waals surface area (Å²) < 4.78 is 30.0. The molecular weight excluding hydrogens is 400 g/mol. The van der Waals surface area contributed by atoms with Gasteiger partial charge in [-0.2, -0.15) is 5.10 Å². The number of aromatic nitrogens is 3. The van der Waals surface area contributed by atoms with Crippen LogP contribution in [-0.4, -0.2) is 32.1 Å². The summed E-state index contributed by atoms with van der Waals surface area (Å²) in [6, 6.07) is 7.07. The monoisotopic (exact) mass is 425 g/mol. The molecule has 0 fully saturated rings. The van der Waals surface area contributed by atoms with Crippen molar-refractivity contribution >= 4 is 5.91 Å². The molecule has 0 aliphatic carbocycles. The fourth-order valence-electron chi connectivity index (χ4n) is 4.25. The number of nitrogens with two attached hydrogens (primary N) is 1. The van der Waals surface area contributed by atoms with Crippen LogP contribution in [-0.2, 0) is 13.0 Å². The first kappa shape index (κ1) is 21.1. The minimum Gasteiger partial charge on any atom is -0.364 e. The van der Waals surface area contributed by atoms with E-state index in [0.29, 0.717) is 24.2 Å². The van der Waals surface area contributed by atoms with Crippen LogP contribution in [0.5, 0.6) is 0 Å². The molecule has 31 heavy (non-hydrogen) atoms. The standard InChI is InChI=1S/C23H25F2N5O/c1-13(2)30-16(6-8-27-30)12-29-9-7-18-19(17-5-4-15(24)10-20(17)25)11-21(23(26)31)28-22(18)14(29)3/h4-6,8,10-11,13-14H,7,9,12H2,1-3H3,(H2,26,31)/t14-/m0/s1. The minimum atomic E-state index is -0.686. The molecule has 2 aromatic heterocycles. The number of nitrogens with zero attached hydrogens (tertiary/aromatic N) is 4. The van der Waals surface area contributed by atoms with E-state index in [1.165, 1.54) is 18.2 Å². The highest BCUT2D eigenvalue weighted by molar-refractivity contribution is 5.92. The number of amides is 1. The Morgan fingerprint density at radius 3 is 2.68 bits per heavy atom. The zero-order valence-corrected chi connectivity index (χ0v) is 17.8. The third-order valence-electron chi connectivity index (χ3n) is 5.83. The van der Waals surface area contributed by atoms with Crippen molar-refractivity contribution in [3.05, 3.63) is 70.8 Å². The molecule has 162 valence electrons. The molecule has 0 spiro atoms. The second-order valence-electron chi connectivity index (χ2n) is 8.16. The van der Waals surface area contributed by atoms with E-state index in [1.807, 2.05) is 17.7 Å². The summed E-state index contributed by atoms with van der Waals surface area (Å²) in [5, 5.41) is 4.40. The quantitative estimate of drug-likeness (QED) is 0.670. The van der Waals surface area contributed by atoms with Crippen molar-refractivity contribution < 1.29 is 13.6 Å². The first-order valence-corrected chi connectivity index (χ1v) is 10.3. The van der Waals surface area contributed by atoms with Gasteiger partial charge in [-0.15, -0.1) is 0 Å². The molecule has 0 unspecified atom stereocenters. The van der Waals surface area contributed by atoms with Gasteiger partial charge in [0.25, 0.3) is 5.91 Å². The van der Waals surface area contributed by atoms with Crippen molar-refractivity contribution in [3.8, 4) is 11.1 Å². The number of carbonyl (C=O) groups excluding carboxylic acids is 1. The number of pyridine rings is 1. The van der Waals surface area contributed by atoms with E-state index < -0.39 is 17.5 Å². The lowest BCUT2D eigenvalue weighted by atomic mass is 9.89. The van der Waals surface area contributed by atoms with E-state index in [9.17, 15) is 13.6 Å². The zero-order chi connectivity index (χ0) is 22.3. The van der Waals surface area contributed by atoms with Crippen LogP contribution < -0.4 is 5.73 Å². The smallest absolute Gasteiger partial charge is 0.267 e. The minimum absolute atomic E-state index is 0.0680. The summed E-state index contributed by atoms with van der Waals surface area (Å²) >= 11 is 0. The Bertz CT molecular complexity index is 1140. The molecule has 1 aliphatic rings. The van der Waals surface area contributed by atoms with Crippen molar-refractivity contribution in [2.24, 2.45) is 5.73 Å². The third-order valence-corrected chi connectivity index (χ3v) is 5.83. The highest BCUT2D eigenvalue weighted by atomic mass is 19.1. The van der Waals surface area contributed by atoms with E-state index in [-0.39, 0.29) is 23.3 Å². The van der Waals surface area contributed by atoms with Gasteiger partial charge in [0.1, 0.15) is 17.3 Å². The van der Waals surface area contributed by atoms with Crippen molar-refractivity contribution in [1.82, 2.24) is 19.7 Å². The number of halogens is 2. The molecule has 1 amide bonds. The van der Waals surface area contributed by atoms with Gasteiger partial charge in [-0.1, -0.05) is 0 Å². The Labute approximate surface area is 179 Å². The largest absolute Gasteiger partial charge is 0.364 e. The van der Waals surface area contributed by atoms with Gasteiger partial charge in [-0.05, 0) is 62.6 Å². The van der Waals surface area contributed by atoms with Gasteiger partial charge in [-0.25, -0.2) is 13.8 Å². The average molecular weight is 425 g/mol. The lowest BCUT2D eigenvalue weighted by Crippen LogP contribution is -2.36. The summed E-state index contributed by atoms with van der Waals surface area (Å²) in [6.45, 7) is 7.56. The normalized spacial score (nSPS) is 16.5. The van der Waals surface area contributed by atoms with Gasteiger partial charge < -0.3 is 5.73 Å². The Balaban J connectivity index is 1.76. The zero-order valence-electron chi connectivity index (χ0n) is 17.8. The van der Waals surface area contributed by atoms with E-state index in [4.69, 9.17) is 5.73 Å². The van der Waals surface area contributed by atoms with Crippen LogP contribution in [0, 0.1) is 11.6 Å². The number of primary amides is 1. The molecule has 1 aromatic carbocycles. The average Bonchev–Trinajstić information content (AvgIpc) is 3.18. The van der Waals surface area contributed by atoms with E-state index >= 15 is 0 Å². The van der Waals surface area contributed by atoms with Crippen LogP contribution in [0.2, 0.25) is 0 Å². The molecule has 3 aromatic rings. The Morgan fingerprint density at radius 2 is 2.00 bits per heavy atom. The van der Waals surface area contributed by atoms with Crippen molar-refractivity contribution in [3.63, 3.8) is 0 Å². The summed E-state index contributed by atoms with van der Waals surface area (Å²) in [4.78, 5) is 18.7. The van der Waals surface area contributed by atoms with E-state index in [1.54, 1.807) is 6.20 Å². The molecule has 1 atom stereocenters. The van der Waals surface area contributed by atoms with Gasteiger partial charge in [-0.3, -0.25) is 14.4 Å². The van der Waals surface area contributed by atoms with Crippen LogP contribution in [0.4, 0.5) is 8.78 Å². The second-order valence-corrected chi connectivity index (χ2v) is 8.16. The lowest BCUT2D eigenvalue weighted by Gasteiger charge is -2.35. The maximum absolute atomic E-state index is 14.6. The fourth-order valence-corrected chi connectivity index (χ4v) is 4.25. The Morgan fingerprint density at radius 1 is 1.23 bits per heavy atom. The first-order chi connectivity index (χ1) is 14.8. The van der Waals surface area contributed by atoms with Gasteiger partial charge in [0.05, 0.1) is 11.4 Å². The summed E-state index contributed by atoms with van der Waals surface area (Å²) in [5.41, 5.74) is 8.99. The summed E-state index contributed by atoms with van der Waals surface area (Å²) in [7, 11) is 0. The van der Waals surface area contributed by atoms with Gasteiger partial charge in [0.2, 0.25) is 0 Å². The molecule has 0 bridgehead atoms. The van der Waals surface area contributed by atoms with Crippen LogP contribution >= 0.6 is 0 Å². The third kappa shape index (κ3) is 3.95. The summed E-state index contributed by atoms with van der Waals surface area (Å²) in [5.74, 6) is -2.02. The van der Waals surface area contributed by atoms with Gasteiger partial charge >= 0.3 is 0 Å². The van der Waals surface area contributed by atoms with Gasteiger partial charge in [0, 0.05) is 43.0 Å². The van der Waals surface area contributed by atoms with Crippen LogP contribution in [0.15, 0.2) is 36.5 Å². The topological polar surface area (TPSA) is 77.0 Å². The molecular formula is C23H25F2N5O. The van der Waals surface area contributed by atoms with Gasteiger partial charge in [0.15, 0.2) is 0 Å². The number of fused-ring (bicyclic) bond motifs is 1. The maximum Gasteiger partial charge on any atom is 0.267 e. The predicted octanol–water partition coefficient (Wildman–Crippen LogP) is 4.02. The molecule has 3 heterocycles. The second kappa shape index (κ2) is 8.19. The van der Waals surface area contributed by atoms with Crippen LogP contribution in [0.25, 0.3) is 11.1 Å². The van der Waals surface area contributed by atoms with E-state index in [0.717, 1.165) is 23.9 Å². The van der Waals surface area contributed by atoms with Crippen molar-refractivity contribution in [2.75, 3.05) is 6.54 Å². The molecule has 0 saturated carbocycles. The molecule has 4 rings (SSSR count). The molecule has 6 nitrogen and oxygen atoms in total. The molecule has 2 N–H and O–H groups in total.